The van der Waals surface area contributed by atoms with Gasteiger partial charge in [-0.1, -0.05) is 0 Å². The van der Waals surface area contributed by atoms with Crippen LogP contribution >= 0.6 is 0 Å². The molecule has 0 radical (unpaired) electrons. The van der Waals surface area contributed by atoms with Crippen LogP contribution in [-0.4, -0.2) is 67.9 Å². The van der Waals surface area contributed by atoms with Crippen LogP contribution in [0.2, 0.25) is 0 Å². The van der Waals surface area contributed by atoms with Gasteiger partial charge < -0.3 is 10.1 Å². The summed E-state index contributed by atoms with van der Waals surface area (Å²) in [4.78, 5) is 11.9. The zero-order valence-electron chi connectivity index (χ0n) is 12.0. The highest BCUT2D eigenvalue weighted by Gasteiger charge is 2.43. The van der Waals surface area contributed by atoms with Crippen molar-refractivity contribution < 1.29 is 17.9 Å². The van der Waals surface area contributed by atoms with Crippen LogP contribution in [-0.2, 0) is 19.7 Å². The summed E-state index contributed by atoms with van der Waals surface area (Å²) in [6.45, 7) is 5.98. The number of piperazine rings is 1. The maximum absolute atomic E-state index is 12.7. The lowest BCUT2D eigenvalue weighted by Crippen LogP contribution is -2.57. The molecule has 2 heterocycles. The minimum atomic E-state index is -3.60. The van der Waals surface area contributed by atoms with Crippen molar-refractivity contribution in [2.45, 2.75) is 38.8 Å². The summed E-state index contributed by atoms with van der Waals surface area (Å²) >= 11 is 0. The summed E-state index contributed by atoms with van der Waals surface area (Å²) < 4.78 is 33.3. The van der Waals surface area contributed by atoms with Crippen molar-refractivity contribution in [3.63, 3.8) is 0 Å². The highest BCUT2D eigenvalue weighted by Crippen LogP contribution is 2.25. The number of hydrogen-bond donors (Lipinski definition) is 1. The second kappa shape index (κ2) is 6.38. The minimum Gasteiger partial charge on any atom is -0.465 e. The van der Waals surface area contributed by atoms with Crippen LogP contribution in [0, 0.1) is 0 Å². The number of hydrogen-bond acceptors (Lipinski definition) is 5. The second-order valence-electron chi connectivity index (χ2n) is 5.19. The predicted molar refractivity (Wildman–Crippen MR) is 74.3 cm³/mol. The molecule has 2 aliphatic heterocycles. The molecule has 0 aromatic rings. The predicted octanol–water partition coefficient (Wildman–Crippen LogP) is -0.448. The quantitative estimate of drug-likeness (QED) is 0.712. The fourth-order valence-electron chi connectivity index (χ4n) is 2.79. The molecule has 2 aliphatic rings. The molecular formula is C12H23N3O4S. The van der Waals surface area contributed by atoms with Gasteiger partial charge in [0.15, 0.2) is 0 Å². The first-order valence-corrected chi connectivity index (χ1v) is 8.54. The molecule has 20 heavy (non-hydrogen) atoms. The van der Waals surface area contributed by atoms with E-state index in [9.17, 15) is 13.2 Å². The lowest BCUT2D eigenvalue weighted by Gasteiger charge is -2.36. The van der Waals surface area contributed by atoms with Gasteiger partial charge in [-0.3, -0.25) is 4.79 Å². The molecular weight excluding hydrogens is 282 g/mol. The Hall–Kier alpha value is -0.700. The van der Waals surface area contributed by atoms with Gasteiger partial charge in [-0.15, -0.1) is 0 Å². The number of esters is 1. The Kier molecular flexibility index (Phi) is 5.00. The topological polar surface area (TPSA) is 79.0 Å². The first-order chi connectivity index (χ1) is 9.48. The summed E-state index contributed by atoms with van der Waals surface area (Å²) in [6.07, 6.45) is 1.24. The van der Waals surface area contributed by atoms with E-state index in [0.717, 1.165) is 0 Å². The van der Waals surface area contributed by atoms with Gasteiger partial charge in [0.05, 0.1) is 6.61 Å². The van der Waals surface area contributed by atoms with E-state index < -0.39 is 22.2 Å². The Balaban J connectivity index is 2.17. The largest absolute Gasteiger partial charge is 0.465 e. The molecule has 2 fully saturated rings. The second-order valence-corrected chi connectivity index (χ2v) is 7.03. The molecule has 0 amide bonds. The first kappa shape index (κ1) is 15.7. The van der Waals surface area contributed by atoms with Gasteiger partial charge in [-0.25, -0.2) is 0 Å². The van der Waals surface area contributed by atoms with E-state index in [1.807, 2.05) is 6.92 Å². The van der Waals surface area contributed by atoms with Gasteiger partial charge in [0.25, 0.3) is 10.2 Å². The van der Waals surface area contributed by atoms with Crippen molar-refractivity contribution in [1.82, 2.24) is 13.9 Å². The Morgan fingerprint density at radius 2 is 2.10 bits per heavy atom. The van der Waals surface area contributed by atoms with Crippen LogP contribution in [0.25, 0.3) is 0 Å². The van der Waals surface area contributed by atoms with E-state index in [-0.39, 0.29) is 12.6 Å². The number of nitrogens with one attached hydrogen (secondary N) is 1. The summed E-state index contributed by atoms with van der Waals surface area (Å²) in [7, 11) is -3.60. The third kappa shape index (κ3) is 2.98. The summed E-state index contributed by atoms with van der Waals surface area (Å²) in [5.74, 6) is -0.434. The molecule has 1 unspecified atom stereocenters. The van der Waals surface area contributed by atoms with E-state index in [1.165, 1.54) is 8.61 Å². The molecule has 2 rings (SSSR count). The van der Waals surface area contributed by atoms with Crippen molar-refractivity contribution in [3.8, 4) is 0 Å². The Morgan fingerprint density at radius 1 is 1.35 bits per heavy atom. The van der Waals surface area contributed by atoms with E-state index in [2.05, 4.69) is 5.32 Å². The molecule has 116 valence electrons. The Morgan fingerprint density at radius 3 is 2.75 bits per heavy atom. The van der Waals surface area contributed by atoms with Crippen molar-refractivity contribution >= 4 is 16.2 Å². The van der Waals surface area contributed by atoms with Crippen molar-refractivity contribution in [2.75, 3.05) is 32.8 Å². The number of ether oxygens (including phenoxy) is 1. The van der Waals surface area contributed by atoms with Crippen LogP contribution in [0.4, 0.5) is 0 Å². The maximum atomic E-state index is 12.7. The molecule has 1 N–H and O–H groups in total. The smallest absolute Gasteiger partial charge is 0.324 e. The highest BCUT2D eigenvalue weighted by molar-refractivity contribution is 7.86. The third-order valence-corrected chi connectivity index (χ3v) is 5.96. The zero-order chi connectivity index (χ0) is 14.8. The highest BCUT2D eigenvalue weighted by atomic mass is 32.2. The van der Waals surface area contributed by atoms with E-state index in [4.69, 9.17) is 4.74 Å². The van der Waals surface area contributed by atoms with Gasteiger partial charge in [-0.05, 0) is 26.7 Å². The fourth-order valence-corrected chi connectivity index (χ4v) is 4.78. The molecule has 2 atom stereocenters. The van der Waals surface area contributed by atoms with Gasteiger partial charge in [-0.2, -0.15) is 17.0 Å². The number of carbonyl (C=O) groups excluding carboxylic acids is 1. The number of nitrogens with zero attached hydrogens (tertiary/aromatic N) is 2. The lowest BCUT2D eigenvalue weighted by molar-refractivity contribution is -0.147. The number of rotatable bonds is 4. The van der Waals surface area contributed by atoms with Gasteiger partial charge in [0.2, 0.25) is 0 Å². The lowest BCUT2D eigenvalue weighted by atomic mass is 10.2. The number of carbonyl (C=O) groups is 1. The Bertz CT molecular complexity index is 454. The molecule has 0 aromatic heterocycles. The van der Waals surface area contributed by atoms with Crippen LogP contribution in [0.5, 0.6) is 0 Å². The average molecular weight is 305 g/mol. The van der Waals surface area contributed by atoms with Crippen LogP contribution in [0.15, 0.2) is 0 Å². The molecule has 7 nitrogen and oxygen atoms in total. The average Bonchev–Trinajstić information content (AvgIpc) is 2.89. The fraction of sp³-hybridized carbons (Fsp3) is 0.917. The van der Waals surface area contributed by atoms with Crippen molar-refractivity contribution in [2.24, 2.45) is 0 Å². The third-order valence-electron chi connectivity index (χ3n) is 3.80. The van der Waals surface area contributed by atoms with Crippen LogP contribution in [0.1, 0.15) is 26.7 Å². The van der Waals surface area contributed by atoms with E-state index in [0.29, 0.717) is 39.0 Å². The van der Waals surface area contributed by atoms with Gasteiger partial charge >= 0.3 is 5.97 Å². The minimum absolute atomic E-state index is 0.0998. The summed E-state index contributed by atoms with van der Waals surface area (Å²) in [5, 5.41) is 3.17. The zero-order valence-corrected chi connectivity index (χ0v) is 12.9. The standard InChI is InChI=1S/C12H23N3O4S/c1-3-19-12(16)11-5-4-7-15(11)20(17,18)14-8-6-13-9-10(14)2/h10-11,13H,3-9H2,1-2H3/t10-,11?/m0/s1. The van der Waals surface area contributed by atoms with Crippen LogP contribution < -0.4 is 5.32 Å². The molecule has 0 saturated carbocycles. The molecule has 0 aliphatic carbocycles. The maximum Gasteiger partial charge on any atom is 0.324 e. The summed E-state index contributed by atoms with van der Waals surface area (Å²) in [5.41, 5.74) is 0. The van der Waals surface area contributed by atoms with E-state index in [1.54, 1.807) is 6.92 Å². The summed E-state index contributed by atoms with van der Waals surface area (Å²) in [6, 6.07) is -0.765. The van der Waals surface area contributed by atoms with Gasteiger partial charge in [0.1, 0.15) is 6.04 Å². The molecule has 8 heteroatoms. The van der Waals surface area contributed by atoms with Crippen molar-refractivity contribution in [1.29, 1.82) is 0 Å². The SMILES string of the molecule is CCOC(=O)C1CCCN1S(=O)(=O)N1CCNC[C@@H]1C. The van der Waals surface area contributed by atoms with E-state index >= 15 is 0 Å². The van der Waals surface area contributed by atoms with Gasteiger partial charge in [0, 0.05) is 32.2 Å². The molecule has 2 saturated heterocycles. The van der Waals surface area contributed by atoms with Crippen LogP contribution in [0.3, 0.4) is 0 Å². The van der Waals surface area contributed by atoms with Crippen molar-refractivity contribution in [3.05, 3.63) is 0 Å². The molecule has 0 spiro atoms. The molecule has 0 bridgehead atoms. The Labute approximate surface area is 120 Å². The normalized spacial score (nSPS) is 29.5. The molecule has 0 aromatic carbocycles. The first-order valence-electron chi connectivity index (χ1n) is 7.14. The monoisotopic (exact) mass is 305 g/mol.